The number of nitrogens with one attached hydrogen (secondary N) is 1. The molecule has 27 heavy (non-hydrogen) atoms. The minimum absolute atomic E-state index is 0.243. The number of fused-ring (bicyclic) bond motifs is 1. The third kappa shape index (κ3) is 3.95. The fraction of sp³-hybridized carbons (Fsp3) is 0.556. The Balaban J connectivity index is 1.55. The molecule has 2 N–H and O–H groups in total. The lowest BCUT2D eigenvalue weighted by Gasteiger charge is -2.29. The van der Waals surface area contributed by atoms with Gasteiger partial charge < -0.3 is 24.2 Å². The standard InChI is InChI=1S/C18H23N3O5S/c1-24-14-5-4-13(21-6-8-25-9-7-21)16-15(14)19-17(27-16)20-18(23)26-12-3-2-11(22)10-12/h4-5,11-12,22H,2-3,6-10H2,1H3,(H,19,20,23). The smallest absolute Gasteiger partial charge is 0.413 e. The van der Waals surface area contributed by atoms with Crippen LogP contribution in [-0.4, -0.2) is 61.8 Å². The van der Waals surface area contributed by atoms with Crippen LogP contribution in [0.1, 0.15) is 19.3 Å². The van der Waals surface area contributed by atoms with Crippen molar-refractivity contribution in [3.63, 3.8) is 0 Å². The lowest BCUT2D eigenvalue weighted by molar-refractivity contribution is 0.1000. The monoisotopic (exact) mass is 393 g/mol. The number of aromatic nitrogens is 1. The van der Waals surface area contributed by atoms with Gasteiger partial charge in [-0.25, -0.2) is 9.78 Å². The molecule has 2 heterocycles. The Morgan fingerprint density at radius 1 is 1.37 bits per heavy atom. The van der Waals surface area contributed by atoms with E-state index in [0.717, 1.165) is 29.0 Å². The molecule has 1 aromatic heterocycles. The minimum Gasteiger partial charge on any atom is -0.494 e. The van der Waals surface area contributed by atoms with Crippen molar-refractivity contribution in [2.45, 2.75) is 31.5 Å². The maximum absolute atomic E-state index is 12.2. The van der Waals surface area contributed by atoms with E-state index in [9.17, 15) is 9.90 Å². The molecule has 1 aromatic carbocycles. The summed E-state index contributed by atoms with van der Waals surface area (Å²) < 4.78 is 17.2. The molecule has 0 bridgehead atoms. The SMILES string of the molecule is COc1ccc(N2CCOCC2)c2sc(NC(=O)OC3CCC(O)C3)nc12. The zero-order valence-corrected chi connectivity index (χ0v) is 16.0. The number of hydrogen-bond acceptors (Lipinski definition) is 8. The summed E-state index contributed by atoms with van der Waals surface area (Å²) in [5.74, 6) is 0.665. The summed E-state index contributed by atoms with van der Waals surface area (Å²) in [6.07, 6.45) is 0.670. The van der Waals surface area contributed by atoms with Gasteiger partial charge in [0.15, 0.2) is 5.13 Å². The number of carbonyl (C=O) groups is 1. The average molecular weight is 393 g/mol. The molecule has 2 aliphatic rings. The molecule has 2 fully saturated rings. The predicted octanol–water partition coefficient (Wildman–Crippen LogP) is 2.60. The first-order valence-corrected chi connectivity index (χ1v) is 9.91. The fourth-order valence-electron chi connectivity index (χ4n) is 3.53. The molecule has 2 atom stereocenters. The summed E-state index contributed by atoms with van der Waals surface area (Å²) in [6.45, 7) is 3.01. The Kier molecular flexibility index (Phi) is 5.33. The summed E-state index contributed by atoms with van der Waals surface area (Å²) in [6, 6.07) is 3.92. The van der Waals surface area contributed by atoms with E-state index in [1.165, 1.54) is 11.3 Å². The van der Waals surface area contributed by atoms with E-state index in [1.54, 1.807) is 7.11 Å². The van der Waals surface area contributed by atoms with Crippen molar-refractivity contribution < 1.29 is 24.1 Å². The molecule has 8 nitrogen and oxygen atoms in total. The maximum atomic E-state index is 12.2. The van der Waals surface area contributed by atoms with Gasteiger partial charge in [0, 0.05) is 19.5 Å². The van der Waals surface area contributed by atoms with Crippen molar-refractivity contribution in [3.8, 4) is 5.75 Å². The number of rotatable bonds is 4. The largest absolute Gasteiger partial charge is 0.494 e. The van der Waals surface area contributed by atoms with Crippen molar-refractivity contribution in [2.24, 2.45) is 0 Å². The number of thiazole rings is 1. The van der Waals surface area contributed by atoms with E-state index in [-0.39, 0.29) is 12.2 Å². The van der Waals surface area contributed by atoms with Crippen molar-refractivity contribution in [1.82, 2.24) is 4.98 Å². The van der Waals surface area contributed by atoms with Crippen LogP contribution >= 0.6 is 11.3 Å². The Hall–Kier alpha value is -2.10. The molecule has 0 spiro atoms. The minimum atomic E-state index is -0.542. The molecular weight excluding hydrogens is 370 g/mol. The Labute approximate surface area is 161 Å². The average Bonchev–Trinajstić information content (AvgIpc) is 3.27. The summed E-state index contributed by atoms with van der Waals surface area (Å²) in [5.41, 5.74) is 1.78. The Morgan fingerprint density at radius 2 is 2.19 bits per heavy atom. The van der Waals surface area contributed by atoms with E-state index < -0.39 is 6.09 Å². The highest BCUT2D eigenvalue weighted by atomic mass is 32.1. The Morgan fingerprint density at radius 3 is 2.89 bits per heavy atom. The zero-order valence-electron chi connectivity index (χ0n) is 15.1. The van der Waals surface area contributed by atoms with Crippen LogP contribution in [0.4, 0.5) is 15.6 Å². The van der Waals surface area contributed by atoms with Crippen LogP contribution in [0.15, 0.2) is 12.1 Å². The van der Waals surface area contributed by atoms with Gasteiger partial charge in [0.05, 0.1) is 36.8 Å². The number of amides is 1. The van der Waals surface area contributed by atoms with Crippen LogP contribution in [0.3, 0.4) is 0 Å². The molecular formula is C18H23N3O5S. The zero-order chi connectivity index (χ0) is 18.8. The molecule has 9 heteroatoms. The predicted molar refractivity (Wildman–Crippen MR) is 103 cm³/mol. The van der Waals surface area contributed by atoms with Gasteiger partial charge >= 0.3 is 6.09 Å². The topological polar surface area (TPSA) is 93.2 Å². The first kappa shape index (κ1) is 18.3. The van der Waals surface area contributed by atoms with Gasteiger partial charge in [0.2, 0.25) is 0 Å². The molecule has 146 valence electrons. The fourth-order valence-corrected chi connectivity index (χ4v) is 4.54. The van der Waals surface area contributed by atoms with Crippen molar-refractivity contribution in [2.75, 3.05) is 43.6 Å². The maximum Gasteiger partial charge on any atom is 0.413 e. The molecule has 2 unspecified atom stereocenters. The van der Waals surface area contributed by atoms with E-state index in [4.69, 9.17) is 14.2 Å². The highest BCUT2D eigenvalue weighted by molar-refractivity contribution is 7.23. The van der Waals surface area contributed by atoms with Gasteiger partial charge in [-0.2, -0.15) is 0 Å². The first-order chi connectivity index (χ1) is 13.1. The molecule has 1 aliphatic carbocycles. The van der Waals surface area contributed by atoms with Crippen LogP contribution in [0.5, 0.6) is 5.75 Å². The number of benzene rings is 1. The molecule has 1 aliphatic heterocycles. The second-order valence-corrected chi connectivity index (χ2v) is 7.70. The molecule has 1 saturated heterocycles. The molecule has 2 aromatic rings. The molecule has 1 amide bonds. The van der Waals surface area contributed by atoms with Crippen molar-refractivity contribution >= 4 is 38.5 Å². The lowest BCUT2D eigenvalue weighted by atomic mass is 10.2. The van der Waals surface area contributed by atoms with E-state index in [1.807, 2.05) is 12.1 Å². The van der Waals surface area contributed by atoms with Crippen molar-refractivity contribution in [1.29, 1.82) is 0 Å². The molecule has 0 radical (unpaired) electrons. The van der Waals surface area contributed by atoms with Gasteiger partial charge in [0.25, 0.3) is 0 Å². The van der Waals surface area contributed by atoms with Crippen LogP contribution in [0.2, 0.25) is 0 Å². The third-order valence-corrected chi connectivity index (χ3v) is 5.89. The summed E-state index contributed by atoms with van der Waals surface area (Å²) in [7, 11) is 1.61. The molecule has 1 saturated carbocycles. The third-order valence-electron chi connectivity index (χ3n) is 4.90. The number of anilines is 2. The number of aliphatic hydroxyl groups is 1. The second kappa shape index (κ2) is 7.87. The van der Waals surface area contributed by atoms with E-state index in [2.05, 4.69) is 15.2 Å². The summed E-state index contributed by atoms with van der Waals surface area (Å²) >= 11 is 1.40. The van der Waals surface area contributed by atoms with Gasteiger partial charge in [-0.3, -0.25) is 5.32 Å². The van der Waals surface area contributed by atoms with E-state index in [0.29, 0.717) is 43.4 Å². The Bertz CT molecular complexity index is 821. The van der Waals surface area contributed by atoms with Crippen LogP contribution in [-0.2, 0) is 9.47 Å². The van der Waals surface area contributed by atoms with Crippen molar-refractivity contribution in [3.05, 3.63) is 12.1 Å². The normalized spacial score (nSPS) is 22.8. The van der Waals surface area contributed by atoms with Gasteiger partial charge in [-0.1, -0.05) is 11.3 Å². The number of nitrogens with zero attached hydrogens (tertiary/aromatic N) is 2. The second-order valence-electron chi connectivity index (χ2n) is 6.70. The van der Waals surface area contributed by atoms with Crippen LogP contribution < -0.4 is 15.0 Å². The van der Waals surface area contributed by atoms with Gasteiger partial charge in [-0.05, 0) is 25.0 Å². The van der Waals surface area contributed by atoms with Crippen LogP contribution in [0.25, 0.3) is 10.2 Å². The van der Waals surface area contributed by atoms with Gasteiger partial charge in [-0.15, -0.1) is 0 Å². The number of aliphatic hydroxyl groups excluding tert-OH is 1. The number of hydrogen-bond donors (Lipinski definition) is 2. The summed E-state index contributed by atoms with van der Waals surface area (Å²) in [5, 5.41) is 12.7. The lowest BCUT2D eigenvalue weighted by Crippen LogP contribution is -2.36. The number of ether oxygens (including phenoxy) is 3. The molecule has 4 rings (SSSR count). The highest BCUT2D eigenvalue weighted by Gasteiger charge is 2.26. The van der Waals surface area contributed by atoms with Gasteiger partial charge in [0.1, 0.15) is 17.4 Å². The number of morpholine rings is 1. The van der Waals surface area contributed by atoms with Crippen LogP contribution in [0, 0.1) is 0 Å². The quantitative estimate of drug-likeness (QED) is 0.825. The highest BCUT2D eigenvalue weighted by Crippen LogP contribution is 2.39. The number of methoxy groups -OCH3 is 1. The summed E-state index contributed by atoms with van der Waals surface area (Å²) in [4.78, 5) is 19.0. The van der Waals surface area contributed by atoms with E-state index >= 15 is 0 Å². The first-order valence-electron chi connectivity index (χ1n) is 9.10. The number of carbonyl (C=O) groups excluding carboxylic acids is 1.